The van der Waals surface area contributed by atoms with Gasteiger partial charge in [-0.1, -0.05) is 12.1 Å². The summed E-state index contributed by atoms with van der Waals surface area (Å²) in [4.78, 5) is 25.7. The zero-order valence-electron chi connectivity index (χ0n) is 17.3. The number of aryl methyl sites for hydroxylation is 1. The first-order valence-electron chi connectivity index (χ1n) is 9.83. The zero-order chi connectivity index (χ0) is 21.3. The second-order valence-corrected chi connectivity index (χ2v) is 7.27. The molecule has 3 aromatic rings. The van der Waals surface area contributed by atoms with Crippen LogP contribution in [0.15, 0.2) is 42.7 Å². The molecule has 0 atom stereocenters. The molecule has 0 aliphatic carbocycles. The van der Waals surface area contributed by atoms with E-state index in [0.29, 0.717) is 43.3 Å². The number of carbonyl (C=O) groups is 1. The average molecular weight is 409 g/mol. The van der Waals surface area contributed by atoms with Gasteiger partial charge in [-0.05, 0) is 32.0 Å². The van der Waals surface area contributed by atoms with Crippen LogP contribution in [0.1, 0.15) is 21.7 Å². The summed E-state index contributed by atoms with van der Waals surface area (Å²) in [6.45, 7) is 6.19. The van der Waals surface area contributed by atoms with E-state index in [1.165, 1.54) is 6.07 Å². The monoisotopic (exact) mass is 409 g/mol. The maximum atomic E-state index is 14.3. The molecule has 1 fully saturated rings. The van der Waals surface area contributed by atoms with Crippen molar-refractivity contribution in [2.24, 2.45) is 0 Å². The summed E-state index contributed by atoms with van der Waals surface area (Å²) >= 11 is 0. The van der Waals surface area contributed by atoms with Crippen molar-refractivity contribution < 1.29 is 13.9 Å². The number of ether oxygens (including phenoxy) is 1. The van der Waals surface area contributed by atoms with E-state index in [2.05, 4.69) is 14.9 Å². The largest absolute Gasteiger partial charge is 0.480 e. The number of anilines is 1. The fraction of sp³-hybridized carbons (Fsp3) is 0.318. The molecule has 1 aliphatic rings. The topological polar surface area (TPSA) is 63.5 Å². The number of hydrogen-bond donors (Lipinski definition) is 0. The number of hydrogen-bond acceptors (Lipinski definition) is 5. The number of methoxy groups -OCH3 is 1. The minimum atomic E-state index is -0.314. The van der Waals surface area contributed by atoms with Crippen molar-refractivity contribution in [3.8, 4) is 11.6 Å². The lowest BCUT2D eigenvalue weighted by atomic mass is 10.2. The van der Waals surface area contributed by atoms with Gasteiger partial charge in [-0.2, -0.15) is 4.98 Å². The van der Waals surface area contributed by atoms with Gasteiger partial charge in [-0.15, -0.1) is 0 Å². The Morgan fingerprint density at radius 2 is 1.83 bits per heavy atom. The highest BCUT2D eigenvalue weighted by Gasteiger charge is 2.26. The maximum absolute atomic E-state index is 14.3. The fourth-order valence-electron chi connectivity index (χ4n) is 3.88. The van der Waals surface area contributed by atoms with Crippen LogP contribution in [-0.2, 0) is 0 Å². The molecule has 0 N–H and O–H groups in total. The molecule has 1 aliphatic heterocycles. The Kier molecular flexibility index (Phi) is 5.39. The Bertz CT molecular complexity index is 1070. The number of carbonyl (C=O) groups excluding carboxylic acids is 1. The molecule has 156 valence electrons. The normalized spacial score (nSPS) is 14.1. The smallest absolute Gasteiger partial charge is 0.255 e. The van der Waals surface area contributed by atoms with E-state index in [1.54, 1.807) is 42.3 Å². The number of aromatic nitrogens is 3. The molecule has 3 heterocycles. The van der Waals surface area contributed by atoms with Crippen LogP contribution in [0.25, 0.3) is 5.69 Å². The van der Waals surface area contributed by atoms with Crippen molar-refractivity contribution in [1.82, 2.24) is 19.4 Å². The summed E-state index contributed by atoms with van der Waals surface area (Å²) in [5.41, 5.74) is 2.62. The van der Waals surface area contributed by atoms with Crippen molar-refractivity contribution in [3.63, 3.8) is 0 Å². The van der Waals surface area contributed by atoms with Crippen molar-refractivity contribution in [2.45, 2.75) is 13.8 Å². The zero-order valence-corrected chi connectivity index (χ0v) is 17.3. The lowest BCUT2D eigenvalue weighted by Gasteiger charge is -2.35. The van der Waals surface area contributed by atoms with E-state index >= 15 is 0 Å². The van der Waals surface area contributed by atoms with Gasteiger partial charge in [0.1, 0.15) is 5.82 Å². The molecule has 8 heteroatoms. The van der Waals surface area contributed by atoms with Crippen LogP contribution in [-0.4, -0.2) is 58.6 Å². The Morgan fingerprint density at radius 3 is 2.53 bits per heavy atom. The molecular formula is C22H24FN5O2. The van der Waals surface area contributed by atoms with E-state index in [0.717, 1.165) is 17.2 Å². The summed E-state index contributed by atoms with van der Waals surface area (Å²) in [6, 6.07) is 8.43. The van der Waals surface area contributed by atoms with Crippen LogP contribution in [0.3, 0.4) is 0 Å². The highest BCUT2D eigenvalue weighted by Crippen LogP contribution is 2.24. The molecular weight excluding hydrogens is 385 g/mol. The van der Waals surface area contributed by atoms with Crippen molar-refractivity contribution in [1.29, 1.82) is 0 Å². The Labute approximate surface area is 174 Å². The minimum absolute atomic E-state index is 0.0398. The van der Waals surface area contributed by atoms with E-state index in [9.17, 15) is 9.18 Å². The van der Waals surface area contributed by atoms with Crippen molar-refractivity contribution >= 4 is 11.7 Å². The predicted molar refractivity (Wildman–Crippen MR) is 112 cm³/mol. The second kappa shape index (κ2) is 8.14. The van der Waals surface area contributed by atoms with Gasteiger partial charge >= 0.3 is 0 Å². The summed E-state index contributed by atoms with van der Waals surface area (Å²) in [7, 11) is 1.56. The van der Waals surface area contributed by atoms with Gasteiger partial charge < -0.3 is 19.1 Å². The summed E-state index contributed by atoms with van der Waals surface area (Å²) in [5, 5.41) is 0. The number of para-hydroxylation sites is 1. The van der Waals surface area contributed by atoms with Crippen molar-refractivity contribution in [3.05, 3.63) is 65.5 Å². The molecule has 0 radical (unpaired) electrons. The first-order valence-corrected chi connectivity index (χ1v) is 9.83. The van der Waals surface area contributed by atoms with Crippen molar-refractivity contribution in [2.75, 3.05) is 38.2 Å². The molecule has 0 spiro atoms. The quantitative estimate of drug-likeness (QED) is 0.663. The first kappa shape index (κ1) is 19.9. The number of halogens is 1. The predicted octanol–water partition coefficient (Wildman–Crippen LogP) is 2.99. The molecule has 0 saturated carbocycles. The fourth-order valence-corrected chi connectivity index (χ4v) is 3.88. The molecule has 7 nitrogen and oxygen atoms in total. The van der Waals surface area contributed by atoms with Crippen LogP contribution in [0.2, 0.25) is 0 Å². The highest BCUT2D eigenvalue weighted by molar-refractivity contribution is 5.96. The van der Waals surface area contributed by atoms with Crippen LogP contribution >= 0.6 is 0 Å². The van der Waals surface area contributed by atoms with Gasteiger partial charge in [0.2, 0.25) is 5.88 Å². The molecule has 2 aromatic heterocycles. The maximum Gasteiger partial charge on any atom is 0.255 e. The standard InChI is InChI=1S/C22H24FN5O2/c1-15-12-17(16(2)28(15)19-7-5-4-6-18(19)23)22(29)27-10-8-26(9-11-27)20-13-24-14-21(25-20)30-3/h4-7,12-14H,8-11H2,1-3H3. The van der Waals surface area contributed by atoms with Gasteiger partial charge in [0.05, 0.1) is 30.8 Å². The van der Waals surface area contributed by atoms with Crippen LogP contribution in [0.4, 0.5) is 10.2 Å². The average Bonchev–Trinajstić information content (AvgIpc) is 3.07. The second-order valence-electron chi connectivity index (χ2n) is 7.27. The molecule has 1 aromatic carbocycles. The lowest BCUT2D eigenvalue weighted by Crippen LogP contribution is -2.49. The first-order chi connectivity index (χ1) is 14.5. The van der Waals surface area contributed by atoms with Crippen LogP contribution in [0.5, 0.6) is 5.88 Å². The number of amides is 1. The number of piperazine rings is 1. The molecule has 0 unspecified atom stereocenters. The summed E-state index contributed by atoms with van der Waals surface area (Å²) in [5.74, 6) is 0.846. The molecule has 1 saturated heterocycles. The van der Waals surface area contributed by atoms with Gasteiger partial charge in [0, 0.05) is 37.6 Å². The lowest BCUT2D eigenvalue weighted by molar-refractivity contribution is 0.0745. The SMILES string of the molecule is COc1cncc(N2CCN(C(=O)c3cc(C)n(-c4ccccc4F)c3C)CC2)n1. The third kappa shape index (κ3) is 3.60. The minimum Gasteiger partial charge on any atom is -0.480 e. The van der Waals surface area contributed by atoms with Gasteiger partial charge in [-0.3, -0.25) is 9.78 Å². The third-order valence-electron chi connectivity index (χ3n) is 5.45. The highest BCUT2D eigenvalue weighted by atomic mass is 19.1. The van der Waals surface area contributed by atoms with E-state index in [-0.39, 0.29) is 11.7 Å². The Balaban J connectivity index is 1.51. The van der Waals surface area contributed by atoms with E-state index < -0.39 is 0 Å². The number of benzene rings is 1. The number of rotatable bonds is 4. The molecule has 1 amide bonds. The van der Waals surface area contributed by atoms with E-state index in [4.69, 9.17) is 4.74 Å². The number of nitrogens with zero attached hydrogens (tertiary/aromatic N) is 5. The van der Waals surface area contributed by atoms with Crippen LogP contribution < -0.4 is 9.64 Å². The van der Waals surface area contributed by atoms with Gasteiger partial charge in [0.25, 0.3) is 5.91 Å². The van der Waals surface area contributed by atoms with E-state index in [1.807, 2.05) is 24.8 Å². The molecule has 30 heavy (non-hydrogen) atoms. The Morgan fingerprint density at radius 1 is 1.10 bits per heavy atom. The van der Waals surface area contributed by atoms with Gasteiger partial charge in [0.15, 0.2) is 5.82 Å². The Hall–Kier alpha value is -3.42. The van der Waals surface area contributed by atoms with Crippen LogP contribution in [0, 0.1) is 19.7 Å². The third-order valence-corrected chi connectivity index (χ3v) is 5.45. The van der Waals surface area contributed by atoms with Gasteiger partial charge in [-0.25, -0.2) is 4.39 Å². The summed E-state index contributed by atoms with van der Waals surface area (Å²) in [6.07, 6.45) is 3.26. The molecule has 4 rings (SSSR count). The summed E-state index contributed by atoms with van der Waals surface area (Å²) < 4.78 is 21.3. The molecule has 0 bridgehead atoms.